The van der Waals surface area contributed by atoms with Gasteiger partial charge in [-0.15, -0.1) is 12.4 Å². The lowest BCUT2D eigenvalue weighted by Crippen LogP contribution is -2.30. The summed E-state index contributed by atoms with van der Waals surface area (Å²) < 4.78 is 27.5. The summed E-state index contributed by atoms with van der Waals surface area (Å²) in [6.45, 7) is 0. The van der Waals surface area contributed by atoms with E-state index in [0.29, 0.717) is 11.3 Å². The summed E-state index contributed by atoms with van der Waals surface area (Å²) in [5, 5.41) is 9.66. The molecule has 0 saturated heterocycles. The standard InChI is InChI=1S/C14H19N5O3S.ClH/c1-15-13(10-8-17-19(3)9-10)14(20)18-11-5-4-6-12(7-11)23(21,22)16-2;/h4-9,13,15-16H,1-3H3,(H,18,20);1H. The van der Waals surface area contributed by atoms with Crippen molar-refractivity contribution in [3.05, 3.63) is 42.2 Å². The second-order valence-electron chi connectivity index (χ2n) is 4.89. The third-order valence-electron chi connectivity index (χ3n) is 3.29. The van der Waals surface area contributed by atoms with Crippen molar-refractivity contribution in [2.45, 2.75) is 10.9 Å². The largest absolute Gasteiger partial charge is 0.324 e. The molecule has 132 valence electrons. The monoisotopic (exact) mass is 373 g/mol. The van der Waals surface area contributed by atoms with Gasteiger partial charge in [0.2, 0.25) is 15.9 Å². The highest BCUT2D eigenvalue weighted by molar-refractivity contribution is 7.89. The number of hydrogen-bond acceptors (Lipinski definition) is 5. The van der Waals surface area contributed by atoms with Crippen molar-refractivity contribution in [2.75, 3.05) is 19.4 Å². The molecular weight excluding hydrogens is 354 g/mol. The number of hydrogen-bond donors (Lipinski definition) is 3. The molecule has 1 atom stereocenters. The topological polar surface area (TPSA) is 105 Å². The van der Waals surface area contributed by atoms with E-state index in [-0.39, 0.29) is 23.2 Å². The van der Waals surface area contributed by atoms with Crippen molar-refractivity contribution < 1.29 is 13.2 Å². The molecule has 0 saturated carbocycles. The second kappa shape index (κ2) is 8.25. The quantitative estimate of drug-likeness (QED) is 0.689. The summed E-state index contributed by atoms with van der Waals surface area (Å²) in [6.07, 6.45) is 3.34. The Morgan fingerprint density at radius 2 is 2.00 bits per heavy atom. The predicted octanol–water partition coefficient (Wildman–Crippen LogP) is 0.649. The Morgan fingerprint density at radius 1 is 1.29 bits per heavy atom. The van der Waals surface area contributed by atoms with E-state index < -0.39 is 16.1 Å². The van der Waals surface area contributed by atoms with Crippen LogP contribution in [-0.2, 0) is 21.9 Å². The first-order chi connectivity index (χ1) is 10.9. The fraction of sp³-hybridized carbons (Fsp3) is 0.286. The van der Waals surface area contributed by atoms with Gasteiger partial charge in [-0.05, 0) is 32.3 Å². The van der Waals surface area contributed by atoms with Gasteiger partial charge in [-0.25, -0.2) is 13.1 Å². The highest BCUT2D eigenvalue weighted by Gasteiger charge is 2.21. The number of carbonyl (C=O) groups excluding carboxylic acids is 1. The van der Waals surface area contributed by atoms with Crippen molar-refractivity contribution in [3.63, 3.8) is 0 Å². The Morgan fingerprint density at radius 3 is 2.54 bits per heavy atom. The molecule has 1 amide bonds. The first-order valence-electron chi connectivity index (χ1n) is 6.87. The Balaban J connectivity index is 0.00000288. The van der Waals surface area contributed by atoms with Crippen LogP contribution in [0.1, 0.15) is 11.6 Å². The number of aryl methyl sites for hydroxylation is 1. The van der Waals surface area contributed by atoms with Crippen LogP contribution in [0.25, 0.3) is 0 Å². The number of benzene rings is 1. The zero-order valence-electron chi connectivity index (χ0n) is 13.5. The van der Waals surface area contributed by atoms with Crippen molar-refractivity contribution in [1.82, 2.24) is 19.8 Å². The summed E-state index contributed by atoms with van der Waals surface area (Å²) >= 11 is 0. The van der Waals surface area contributed by atoms with E-state index in [1.807, 2.05) is 0 Å². The summed E-state index contributed by atoms with van der Waals surface area (Å²) in [5.41, 5.74) is 1.11. The van der Waals surface area contributed by atoms with Gasteiger partial charge in [0.25, 0.3) is 0 Å². The smallest absolute Gasteiger partial charge is 0.246 e. The van der Waals surface area contributed by atoms with E-state index >= 15 is 0 Å². The SMILES string of the molecule is CNC(C(=O)Nc1cccc(S(=O)(=O)NC)c1)c1cnn(C)c1.Cl. The highest BCUT2D eigenvalue weighted by Crippen LogP contribution is 2.18. The number of rotatable bonds is 6. The predicted molar refractivity (Wildman–Crippen MR) is 93.6 cm³/mol. The summed E-state index contributed by atoms with van der Waals surface area (Å²) in [6, 6.07) is 5.46. The molecule has 0 aliphatic rings. The molecule has 10 heteroatoms. The lowest BCUT2D eigenvalue weighted by molar-refractivity contribution is -0.118. The molecule has 8 nitrogen and oxygen atoms in total. The van der Waals surface area contributed by atoms with Gasteiger partial charge in [-0.3, -0.25) is 9.48 Å². The molecule has 0 aliphatic heterocycles. The van der Waals surface area contributed by atoms with E-state index in [9.17, 15) is 13.2 Å². The second-order valence-corrected chi connectivity index (χ2v) is 6.78. The minimum Gasteiger partial charge on any atom is -0.324 e. The van der Waals surface area contributed by atoms with Crippen LogP contribution >= 0.6 is 12.4 Å². The number of carbonyl (C=O) groups is 1. The Hall–Kier alpha value is -1.94. The maximum Gasteiger partial charge on any atom is 0.246 e. The van der Waals surface area contributed by atoms with Crippen LogP contribution in [0.2, 0.25) is 0 Å². The van der Waals surface area contributed by atoms with Crippen LogP contribution in [0.4, 0.5) is 5.69 Å². The number of sulfonamides is 1. The number of aromatic nitrogens is 2. The first kappa shape index (κ1) is 20.1. The molecule has 24 heavy (non-hydrogen) atoms. The minimum atomic E-state index is -3.56. The number of likely N-dealkylation sites (N-methyl/N-ethyl adjacent to an activating group) is 1. The molecule has 1 heterocycles. The molecular formula is C14H20ClN5O3S. The number of nitrogens with zero attached hydrogens (tertiary/aromatic N) is 2. The summed E-state index contributed by atoms with van der Waals surface area (Å²) in [7, 11) is 1.20. The van der Waals surface area contributed by atoms with E-state index in [0.717, 1.165) is 0 Å². The summed E-state index contributed by atoms with van der Waals surface area (Å²) in [4.78, 5) is 12.5. The first-order valence-corrected chi connectivity index (χ1v) is 8.36. The van der Waals surface area contributed by atoms with Gasteiger partial charge >= 0.3 is 0 Å². The third kappa shape index (κ3) is 4.54. The lowest BCUT2D eigenvalue weighted by atomic mass is 10.1. The van der Waals surface area contributed by atoms with Gasteiger partial charge in [0.05, 0.1) is 11.1 Å². The fourth-order valence-corrected chi connectivity index (χ4v) is 2.89. The van der Waals surface area contributed by atoms with Gasteiger partial charge in [0.1, 0.15) is 6.04 Å². The highest BCUT2D eigenvalue weighted by atomic mass is 35.5. The molecule has 1 unspecified atom stereocenters. The van der Waals surface area contributed by atoms with Crippen molar-refractivity contribution in [1.29, 1.82) is 0 Å². The minimum absolute atomic E-state index is 0. The number of halogens is 1. The molecule has 2 rings (SSSR count). The normalized spacial score (nSPS) is 12.3. The molecule has 0 radical (unpaired) electrons. The number of amides is 1. The molecule has 2 aromatic rings. The van der Waals surface area contributed by atoms with Gasteiger partial charge in [-0.1, -0.05) is 6.07 Å². The van der Waals surface area contributed by atoms with Crippen LogP contribution in [0.5, 0.6) is 0 Å². The Kier molecular flexibility index (Phi) is 6.91. The van der Waals surface area contributed by atoms with E-state index in [2.05, 4.69) is 20.5 Å². The van der Waals surface area contributed by atoms with Gasteiger partial charge in [0.15, 0.2) is 0 Å². The average Bonchev–Trinajstić information content (AvgIpc) is 2.94. The molecule has 0 fully saturated rings. The molecule has 1 aromatic carbocycles. The maximum absolute atomic E-state index is 12.4. The summed E-state index contributed by atoms with van der Waals surface area (Å²) in [5.74, 6) is -0.306. The van der Waals surface area contributed by atoms with Crippen molar-refractivity contribution in [2.24, 2.45) is 7.05 Å². The van der Waals surface area contributed by atoms with E-state index in [4.69, 9.17) is 0 Å². The Labute approximate surface area is 147 Å². The van der Waals surface area contributed by atoms with Crippen LogP contribution in [-0.4, -0.2) is 38.2 Å². The van der Waals surface area contributed by atoms with Crippen LogP contribution in [0, 0.1) is 0 Å². The lowest BCUT2D eigenvalue weighted by Gasteiger charge is -2.15. The fourth-order valence-electron chi connectivity index (χ4n) is 2.11. The average molecular weight is 374 g/mol. The van der Waals surface area contributed by atoms with Crippen molar-refractivity contribution in [3.8, 4) is 0 Å². The number of anilines is 1. The molecule has 0 spiro atoms. The van der Waals surface area contributed by atoms with Gasteiger partial charge in [-0.2, -0.15) is 5.10 Å². The Bertz CT molecular complexity index is 806. The molecule has 0 aliphatic carbocycles. The molecule has 1 aromatic heterocycles. The van der Waals surface area contributed by atoms with E-state index in [1.165, 1.54) is 19.2 Å². The van der Waals surface area contributed by atoms with Crippen LogP contribution in [0.3, 0.4) is 0 Å². The third-order valence-corrected chi connectivity index (χ3v) is 4.70. The molecule has 0 bridgehead atoms. The van der Waals surface area contributed by atoms with E-state index in [1.54, 1.807) is 43.3 Å². The zero-order valence-corrected chi connectivity index (χ0v) is 15.1. The number of nitrogens with one attached hydrogen (secondary N) is 3. The van der Waals surface area contributed by atoms with Gasteiger partial charge < -0.3 is 10.6 Å². The van der Waals surface area contributed by atoms with Crippen molar-refractivity contribution >= 4 is 34.0 Å². The zero-order chi connectivity index (χ0) is 17.0. The van der Waals surface area contributed by atoms with Crippen LogP contribution in [0.15, 0.2) is 41.6 Å². The van der Waals surface area contributed by atoms with Gasteiger partial charge in [0, 0.05) is 24.5 Å². The molecule has 3 N–H and O–H groups in total. The van der Waals surface area contributed by atoms with Crippen LogP contribution < -0.4 is 15.4 Å². The maximum atomic E-state index is 12.4.